The number of hydrogen-bond acceptors (Lipinski definition) is 5. The summed E-state index contributed by atoms with van der Waals surface area (Å²) in [7, 11) is 0. The number of unbranched alkanes of at least 4 members (excludes halogenated alkanes) is 47. The summed E-state index contributed by atoms with van der Waals surface area (Å²) in [4.78, 5) is 24.6. The summed E-state index contributed by atoms with van der Waals surface area (Å²) in [5.74, 6) is -0.112. The van der Waals surface area contributed by atoms with E-state index in [1.54, 1.807) is 6.08 Å². The largest absolute Gasteiger partial charge is 0.466 e. The topological polar surface area (TPSA) is 95.9 Å². The van der Waals surface area contributed by atoms with Crippen LogP contribution in [0.15, 0.2) is 12.2 Å². The number of carbonyl (C=O) groups is 2. The fraction of sp³-hybridized carbons (Fsp3) is 0.935. The maximum atomic E-state index is 12.5. The fourth-order valence-corrected chi connectivity index (χ4v) is 9.81. The van der Waals surface area contributed by atoms with Crippen LogP contribution in [0.3, 0.4) is 0 Å². The number of hydrogen-bond donors (Lipinski definition) is 3. The maximum absolute atomic E-state index is 12.5. The molecule has 0 radical (unpaired) electrons. The molecular formula is C62H121NO5. The Morgan fingerprint density at radius 3 is 1.00 bits per heavy atom. The molecule has 0 aromatic heterocycles. The lowest BCUT2D eigenvalue weighted by Crippen LogP contribution is -2.45. The van der Waals surface area contributed by atoms with Gasteiger partial charge in [-0.25, -0.2) is 0 Å². The van der Waals surface area contributed by atoms with Crippen molar-refractivity contribution in [3.8, 4) is 0 Å². The van der Waals surface area contributed by atoms with Gasteiger partial charge in [-0.05, 0) is 32.1 Å². The van der Waals surface area contributed by atoms with Crippen LogP contribution in [0.2, 0.25) is 0 Å². The lowest BCUT2D eigenvalue weighted by molar-refractivity contribution is -0.143. The van der Waals surface area contributed by atoms with Gasteiger partial charge in [-0.3, -0.25) is 9.59 Å². The van der Waals surface area contributed by atoms with Gasteiger partial charge in [0.1, 0.15) is 0 Å². The molecule has 68 heavy (non-hydrogen) atoms. The van der Waals surface area contributed by atoms with Crippen LogP contribution in [-0.2, 0) is 14.3 Å². The normalized spacial score (nSPS) is 12.6. The van der Waals surface area contributed by atoms with Crippen molar-refractivity contribution >= 4 is 11.9 Å². The molecule has 404 valence electrons. The summed E-state index contributed by atoms with van der Waals surface area (Å²) < 4.78 is 5.48. The Labute approximate surface area is 425 Å². The summed E-state index contributed by atoms with van der Waals surface area (Å²) >= 11 is 0. The van der Waals surface area contributed by atoms with E-state index in [4.69, 9.17) is 4.74 Å². The zero-order valence-electron chi connectivity index (χ0n) is 46.1. The number of carbonyl (C=O) groups excluding carboxylic acids is 2. The van der Waals surface area contributed by atoms with E-state index < -0.39 is 12.1 Å². The van der Waals surface area contributed by atoms with Gasteiger partial charge in [0.05, 0.1) is 25.4 Å². The molecule has 0 fully saturated rings. The Morgan fingerprint density at radius 1 is 0.397 bits per heavy atom. The molecule has 0 aliphatic heterocycles. The highest BCUT2D eigenvalue weighted by Crippen LogP contribution is 2.18. The molecule has 1 amide bonds. The van der Waals surface area contributed by atoms with Crippen molar-refractivity contribution in [2.45, 2.75) is 360 Å². The Morgan fingerprint density at radius 2 is 0.676 bits per heavy atom. The van der Waals surface area contributed by atoms with Crippen molar-refractivity contribution in [3.63, 3.8) is 0 Å². The first-order chi connectivity index (χ1) is 33.5. The fourth-order valence-electron chi connectivity index (χ4n) is 9.81. The monoisotopic (exact) mass is 960 g/mol. The van der Waals surface area contributed by atoms with Crippen LogP contribution in [0.1, 0.15) is 348 Å². The number of esters is 1. The number of nitrogens with one attached hydrogen (secondary N) is 1. The van der Waals surface area contributed by atoms with Crippen LogP contribution >= 0.6 is 0 Å². The van der Waals surface area contributed by atoms with Gasteiger partial charge in [0.2, 0.25) is 5.91 Å². The quantitative estimate of drug-likeness (QED) is 0.0321. The molecule has 0 aromatic rings. The highest BCUT2D eigenvalue weighted by molar-refractivity contribution is 5.76. The van der Waals surface area contributed by atoms with Gasteiger partial charge in [0.15, 0.2) is 0 Å². The molecule has 0 spiro atoms. The molecule has 0 rings (SSSR count). The third-order valence-electron chi connectivity index (χ3n) is 14.6. The van der Waals surface area contributed by atoms with E-state index in [1.807, 2.05) is 6.08 Å². The molecule has 0 saturated heterocycles. The van der Waals surface area contributed by atoms with Gasteiger partial charge in [-0.15, -0.1) is 0 Å². The molecule has 0 aromatic carbocycles. The molecule has 2 unspecified atom stereocenters. The average Bonchev–Trinajstić information content (AvgIpc) is 3.34. The first kappa shape index (κ1) is 66.6. The first-order valence-electron chi connectivity index (χ1n) is 31.0. The van der Waals surface area contributed by atoms with Crippen molar-refractivity contribution in [1.82, 2.24) is 5.32 Å². The van der Waals surface area contributed by atoms with E-state index in [0.717, 1.165) is 57.8 Å². The van der Waals surface area contributed by atoms with Crippen LogP contribution in [-0.4, -0.2) is 47.4 Å². The minimum absolute atomic E-state index is 0.0215. The second-order valence-electron chi connectivity index (χ2n) is 21.4. The predicted octanol–water partition coefficient (Wildman–Crippen LogP) is 19.2. The van der Waals surface area contributed by atoms with Crippen LogP contribution in [0.4, 0.5) is 0 Å². The molecule has 0 saturated carbocycles. The lowest BCUT2D eigenvalue weighted by atomic mass is 10.0. The number of rotatable bonds is 58. The number of aliphatic hydroxyl groups excluding tert-OH is 2. The van der Waals surface area contributed by atoms with Crippen LogP contribution in [0.5, 0.6) is 0 Å². The van der Waals surface area contributed by atoms with Crippen molar-refractivity contribution in [2.24, 2.45) is 0 Å². The SMILES string of the molecule is CCCCCCCCCCCCCCCCCCCCCCCC/C=C/C(O)C(CO)NC(=O)CCCCCCCCCCCOC(=O)CCCCCCCCCCCCCCCCCCCC. The number of aliphatic hydroxyl groups is 2. The number of amides is 1. The average molecular weight is 961 g/mol. The molecule has 0 aliphatic carbocycles. The van der Waals surface area contributed by atoms with Crippen LogP contribution in [0.25, 0.3) is 0 Å². The van der Waals surface area contributed by atoms with Gasteiger partial charge in [-0.2, -0.15) is 0 Å². The van der Waals surface area contributed by atoms with Gasteiger partial charge >= 0.3 is 5.97 Å². The Balaban J connectivity index is 3.47. The van der Waals surface area contributed by atoms with E-state index in [9.17, 15) is 19.8 Å². The van der Waals surface area contributed by atoms with Gasteiger partial charge in [0, 0.05) is 12.8 Å². The maximum Gasteiger partial charge on any atom is 0.305 e. The number of ether oxygens (including phenoxy) is 1. The highest BCUT2D eigenvalue weighted by atomic mass is 16.5. The van der Waals surface area contributed by atoms with Crippen molar-refractivity contribution in [2.75, 3.05) is 13.2 Å². The van der Waals surface area contributed by atoms with Crippen LogP contribution in [0, 0.1) is 0 Å². The van der Waals surface area contributed by atoms with E-state index >= 15 is 0 Å². The van der Waals surface area contributed by atoms with Crippen molar-refractivity contribution in [3.05, 3.63) is 12.2 Å². The standard InChI is InChI=1S/C62H121NO5/c1-3-5-7-9-11-13-15-17-19-21-23-24-25-26-27-28-29-31-33-35-38-42-46-50-54-60(65)59(58-64)63-61(66)55-51-47-43-39-37-41-45-49-53-57-68-62(67)56-52-48-44-40-36-34-32-30-22-20-18-16-14-12-10-8-6-4-2/h50,54,59-60,64-65H,3-49,51-53,55-58H2,1-2H3,(H,63,66)/b54-50+. The van der Waals surface area contributed by atoms with E-state index in [2.05, 4.69) is 19.2 Å². The summed E-state index contributed by atoms with van der Waals surface area (Å²) in [6.07, 6.45) is 69.6. The zero-order chi connectivity index (χ0) is 49.3. The first-order valence-corrected chi connectivity index (χ1v) is 31.0. The smallest absolute Gasteiger partial charge is 0.305 e. The Kier molecular flexibility index (Phi) is 57.0. The molecule has 6 nitrogen and oxygen atoms in total. The highest BCUT2D eigenvalue weighted by Gasteiger charge is 2.18. The summed E-state index contributed by atoms with van der Waals surface area (Å²) in [5, 5.41) is 23.2. The molecule has 0 heterocycles. The second kappa shape index (κ2) is 58.2. The van der Waals surface area contributed by atoms with Crippen LogP contribution < -0.4 is 5.32 Å². The summed E-state index contributed by atoms with van der Waals surface area (Å²) in [5.41, 5.74) is 0. The van der Waals surface area contributed by atoms with Gasteiger partial charge in [-0.1, -0.05) is 315 Å². The lowest BCUT2D eigenvalue weighted by Gasteiger charge is -2.20. The van der Waals surface area contributed by atoms with Crippen molar-refractivity contribution in [1.29, 1.82) is 0 Å². The zero-order valence-corrected chi connectivity index (χ0v) is 46.1. The molecule has 6 heteroatoms. The minimum atomic E-state index is -0.862. The Bertz CT molecular complexity index is 1020. The third-order valence-corrected chi connectivity index (χ3v) is 14.6. The minimum Gasteiger partial charge on any atom is -0.466 e. The molecular weight excluding hydrogens is 839 g/mol. The predicted molar refractivity (Wildman–Crippen MR) is 297 cm³/mol. The molecule has 0 aliphatic rings. The summed E-state index contributed by atoms with van der Waals surface area (Å²) in [6, 6.07) is -0.648. The molecule has 3 N–H and O–H groups in total. The Hall–Kier alpha value is -1.40. The van der Waals surface area contributed by atoms with Gasteiger partial charge < -0.3 is 20.3 Å². The van der Waals surface area contributed by atoms with E-state index in [-0.39, 0.29) is 18.5 Å². The van der Waals surface area contributed by atoms with E-state index in [1.165, 1.54) is 263 Å². The third kappa shape index (κ3) is 53.9. The second-order valence-corrected chi connectivity index (χ2v) is 21.4. The summed E-state index contributed by atoms with van der Waals surface area (Å²) in [6.45, 7) is 4.88. The molecule has 2 atom stereocenters. The molecule has 0 bridgehead atoms. The number of allylic oxidation sites excluding steroid dienone is 1. The van der Waals surface area contributed by atoms with E-state index in [0.29, 0.717) is 19.4 Å². The van der Waals surface area contributed by atoms with Gasteiger partial charge in [0.25, 0.3) is 0 Å². The van der Waals surface area contributed by atoms with Crippen molar-refractivity contribution < 1.29 is 24.5 Å².